The molecule has 2 N–H and O–H groups in total. The van der Waals surface area contributed by atoms with Gasteiger partial charge in [0.1, 0.15) is 0 Å². The molecule has 4 rings (SSSR count). The first-order valence-corrected chi connectivity index (χ1v) is 9.18. The van der Waals surface area contributed by atoms with Crippen molar-refractivity contribution in [1.82, 2.24) is 9.97 Å². The molecule has 0 radical (unpaired) electrons. The standard InChI is InChI=1S/C9H5BrN2O3.C9H6BrNO.2CH4/c10-5-1-2-6-7(3-5)11-4-8(9(6)13)12(14)15;10-6-1-2-7-8(5-6)11-4-3-9(7)12;;/h1-4H,(H,11,13);1-5H,(H,11,12);2*1H4. The molecule has 0 aliphatic carbocycles. The van der Waals surface area contributed by atoms with E-state index in [-0.39, 0.29) is 20.3 Å². The Morgan fingerprint density at radius 1 is 0.828 bits per heavy atom. The van der Waals surface area contributed by atoms with Crippen molar-refractivity contribution in [2.45, 2.75) is 14.9 Å². The molecule has 0 unspecified atom stereocenters. The van der Waals surface area contributed by atoms with E-state index in [9.17, 15) is 19.7 Å². The molecule has 0 atom stereocenters. The summed E-state index contributed by atoms with van der Waals surface area (Å²) in [7, 11) is 0. The van der Waals surface area contributed by atoms with Crippen LogP contribution in [0.2, 0.25) is 0 Å². The number of aromatic nitrogens is 2. The number of benzene rings is 2. The van der Waals surface area contributed by atoms with Crippen LogP contribution in [0.5, 0.6) is 0 Å². The van der Waals surface area contributed by atoms with Crippen LogP contribution < -0.4 is 10.9 Å². The minimum Gasteiger partial charge on any atom is -0.361 e. The maximum Gasteiger partial charge on any atom is 0.332 e. The van der Waals surface area contributed by atoms with Crippen LogP contribution in [0.25, 0.3) is 21.8 Å². The Morgan fingerprint density at radius 2 is 1.38 bits per heavy atom. The smallest absolute Gasteiger partial charge is 0.332 e. The molecule has 29 heavy (non-hydrogen) atoms. The second-order valence-corrected chi connectivity index (χ2v) is 7.31. The average Bonchev–Trinajstić information content (AvgIpc) is 2.62. The second kappa shape index (κ2) is 10.1. The predicted octanol–water partition coefficient (Wildman–Crippen LogP) is 5.76. The largest absolute Gasteiger partial charge is 0.361 e. The molecular formula is C20H19Br2N3O4. The Balaban J connectivity index is 0.000000277. The molecule has 2 heterocycles. The van der Waals surface area contributed by atoms with Gasteiger partial charge in [-0.2, -0.15) is 0 Å². The zero-order valence-corrected chi connectivity index (χ0v) is 16.7. The second-order valence-electron chi connectivity index (χ2n) is 5.48. The van der Waals surface area contributed by atoms with E-state index in [0.29, 0.717) is 10.9 Å². The molecule has 0 aliphatic heterocycles. The Hall–Kier alpha value is -2.78. The van der Waals surface area contributed by atoms with Crippen molar-refractivity contribution in [2.24, 2.45) is 0 Å². The van der Waals surface area contributed by atoms with Crippen LogP contribution in [0.4, 0.5) is 5.69 Å². The molecule has 2 aromatic heterocycles. The zero-order chi connectivity index (χ0) is 19.6. The van der Waals surface area contributed by atoms with Crippen LogP contribution in [0, 0.1) is 10.1 Å². The molecule has 0 amide bonds. The van der Waals surface area contributed by atoms with Crippen molar-refractivity contribution in [3.05, 3.63) is 94.4 Å². The van der Waals surface area contributed by atoms with E-state index in [1.165, 1.54) is 6.07 Å². The summed E-state index contributed by atoms with van der Waals surface area (Å²) in [6, 6.07) is 12.0. The molecule has 0 saturated heterocycles. The van der Waals surface area contributed by atoms with Crippen LogP contribution in [0.1, 0.15) is 14.9 Å². The van der Waals surface area contributed by atoms with Gasteiger partial charge in [0.2, 0.25) is 0 Å². The Labute approximate surface area is 183 Å². The molecule has 0 fully saturated rings. The minimum atomic E-state index is -0.694. The van der Waals surface area contributed by atoms with Gasteiger partial charge in [-0.1, -0.05) is 46.7 Å². The first-order valence-electron chi connectivity index (χ1n) is 7.59. The number of nitrogens with zero attached hydrogens (tertiary/aromatic N) is 1. The normalized spacial score (nSPS) is 9.72. The number of hydrogen-bond donors (Lipinski definition) is 2. The Morgan fingerprint density at radius 3 is 1.97 bits per heavy atom. The summed E-state index contributed by atoms with van der Waals surface area (Å²) in [5.74, 6) is 0. The Bertz CT molecular complexity index is 1280. The zero-order valence-electron chi connectivity index (χ0n) is 13.5. The van der Waals surface area contributed by atoms with Gasteiger partial charge in [-0.25, -0.2) is 0 Å². The quantitative estimate of drug-likeness (QED) is 0.243. The summed E-state index contributed by atoms with van der Waals surface area (Å²) < 4.78 is 1.77. The lowest BCUT2D eigenvalue weighted by Crippen LogP contribution is -2.08. The van der Waals surface area contributed by atoms with Gasteiger partial charge in [-0.05, 0) is 36.4 Å². The fourth-order valence-electron chi connectivity index (χ4n) is 2.47. The number of pyridine rings is 2. The summed E-state index contributed by atoms with van der Waals surface area (Å²) in [6.07, 6.45) is 2.76. The van der Waals surface area contributed by atoms with Crippen LogP contribution in [-0.4, -0.2) is 14.9 Å². The number of hydrogen-bond acceptors (Lipinski definition) is 4. The fourth-order valence-corrected chi connectivity index (χ4v) is 3.19. The van der Waals surface area contributed by atoms with Gasteiger partial charge in [0.15, 0.2) is 5.43 Å². The van der Waals surface area contributed by atoms with Crippen molar-refractivity contribution in [2.75, 3.05) is 0 Å². The third-order valence-electron chi connectivity index (χ3n) is 3.74. The molecule has 0 bridgehead atoms. The number of halogens is 2. The summed E-state index contributed by atoms with van der Waals surface area (Å²) in [6.45, 7) is 0. The lowest BCUT2D eigenvalue weighted by atomic mass is 10.2. The number of rotatable bonds is 1. The minimum absolute atomic E-state index is 0. The highest BCUT2D eigenvalue weighted by Gasteiger charge is 2.14. The number of fused-ring (bicyclic) bond motifs is 2. The number of nitrogens with one attached hydrogen (secondary N) is 2. The van der Waals surface area contributed by atoms with Crippen molar-refractivity contribution in [1.29, 1.82) is 0 Å². The highest BCUT2D eigenvalue weighted by atomic mass is 79.9. The maximum absolute atomic E-state index is 11.6. The average molecular weight is 525 g/mol. The van der Waals surface area contributed by atoms with Crippen molar-refractivity contribution < 1.29 is 4.92 Å². The van der Waals surface area contributed by atoms with Gasteiger partial charge in [-0.3, -0.25) is 19.7 Å². The van der Waals surface area contributed by atoms with Crippen LogP contribution in [0.15, 0.2) is 73.4 Å². The third kappa shape index (κ3) is 5.39. The molecule has 152 valence electrons. The maximum atomic E-state index is 11.6. The topological polar surface area (TPSA) is 109 Å². The van der Waals surface area contributed by atoms with Gasteiger partial charge in [-0.15, -0.1) is 0 Å². The van der Waals surface area contributed by atoms with Crippen molar-refractivity contribution in [3.63, 3.8) is 0 Å². The van der Waals surface area contributed by atoms with Crippen molar-refractivity contribution in [3.8, 4) is 0 Å². The van der Waals surface area contributed by atoms with Gasteiger partial charge < -0.3 is 9.97 Å². The molecule has 0 aliphatic rings. The highest BCUT2D eigenvalue weighted by molar-refractivity contribution is 9.10. The summed E-state index contributed by atoms with van der Waals surface area (Å²) in [5.41, 5.74) is 0.471. The fraction of sp³-hybridized carbons (Fsp3) is 0.100. The summed E-state index contributed by atoms with van der Waals surface area (Å²) in [4.78, 5) is 38.4. The molecule has 7 nitrogen and oxygen atoms in total. The molecule has 4 aromatic rings. The van der Waals surface area contributed by atoms with Gasteiger partial charge in [0.05, 0.1) is 27.5 Å². The van der Waals surface area contributed by atoms with E-state index in [1.807, 2.05) is 12.1 Å². The van der Waals surface area contributed by atoms with E-state index in [0.717, 1.165) is 26.0 Å². The summed E-state index contributed by atoms with van der Waals surface area (Å²) in [5, 5.41) is 11.5. The third-order valence-corrected chi connectivity index (χ3v) is 4.73. The SMILES string of the molecule is C.C.O=c1c([N+](=O)[O-])c[nH]c2cc(Br)ccc12.O=c1cc[nH]c2cc(Br)ccc12. The lowest BCUT2D eigenvalue weighted by Gasteiger charge is -1.97. The molecular weight excluding hydrogens is 506 g/mol. The number of aromatic amines is 2. The van der Waals surface area contributed by atoms with Crippen LogP contribution in [-0.2, 0) is 0 Å². The van der Waals surface area contributed by atoms with Crippen LogP contribution in [0.3, 0.4) is 0 Å². The van der Waals surface area contributed by atoms with E-state index >= 15 is 0 Å². The van der Waals surface area contributed by atoms with Gasteiger partial charge in [0, 0.05) is 26.6 Å². The van der Waals surface area contributed by atoms with Crippen LogP contribution >= 0.6 is 31.9 Å². The molecule has 0 spiro atoms. The molecule has 0 saturated carbocycles. The number of H-pyrrole nitrogens is 2. The lowest BCUT2D eigenvalue weighted by molar-refractivity contribution is -0.386. The van der Waals surface area contributed by atoms with Crippen molar-refractivity contribution >= 4 is 59.4 Å². The summed E-state index contributed by atoms with van der Waals surface area (Å²) >= 11 is 6.58. The van der Waals surface area contributed by atoms with Gasteiger partial charge in [0.25, 0.3) is 5.43 Å². The predicted molar refractivity (Wildman–Crippen MR) is 125 cm³/mol. The molecule has 9 heteroatoms. The van der Waals surface area contributed by atoms with E-state index in [4.69, 9.17) is 0 Å². The Kier molecular flexibility index (Phi) is 8.47. The van der Waals surface area contributed by atoms with E-state index in [2.05, 4.69) is 41.8 Å². The number of nitro groups is 1. The monoisotopic (exact) mass is 523 g/mol. The van der Waals surface area contributed by atoms with E-state index in [1.54, 1.807) is 30.5 Å². The highest BCUT2D eigenvalue weighted by Crippen LogP contribution is 2.17. The van der Waals surface area contributed by atoms with Gasteiger partial charge >= 0.3 is 5.69 Å². The van der Waals surface area contributed by atoms with E-state index < -0.39 is 16.0 Å². The first-order chi connectivity index (χ1) is 12.9. The molecule has 2 aromatic carbocycles. The first kappa shape index (κ1) is 24.3.